The fourth-order valence-electron chi connectivity index (χ4n) is 3.58. The predicted octanol–water partition coefficient (Wildman–Crippen LogP) is 2.82. The summed E-state index contributed by atoms with van der Waals surface area (Å²) in [5.74, 6) is 0.243. The second-order valence-electron chi connectivity index (χ2n) is 6.43. The Hall–Kier alpha value is -1.29. The van der Waals surface area contributed by atoms with Gasteiger partial charge in [-0.1, -0.05) is 0 Å². The second kappa shape index (κ2) is 6.65. The SMILES string of the molecule is CNCCC1CCCCN1C(=O)c1cccn1C1CCC1. The Morgan fingerprint density at radius 2 is 2.14 bits per heavy atom. The Bertz CT molecular complexity index is 478. The van der Waals surface area contributed by atoms with E-state index in [1.807, 2.05) is 19.2 Å². The first-order valence-corrected chi connectivity index (χ1v) is 8.43. The number of amides is 1. The van der Waals surface area contributed by atoms with Gasteiger partial charge in [0.15, 0.2) is 0 Å². The van der Waals surface area contributed by atoms with E-state index in [2.05, 4.69) is 21.0 Å². The lowest BCUT2D eigenvalue weighted by Crippen LogP contribution is -2.45. The molecule has 1 aromatic heterocycles. The normalized spacial score (nSPS) is 23.1. The monoisotopic (exact) mass is 289 g/mol. The van der Waals surface area contributed by atoms with E-state index in [4.69, 9.17) is 0 Å². The van der Waals surface area contributed by atoms with Crippen LogP contribution in [0.3, 0.4) is 0 Å². The molecular formula is C17H27N3O. The molecule has 1 aliphatic heterocycles. The molecule has 1 saturated carbocycles. The third kappa shape index (κ3) is 3.00. The molecule has 0 radical (unpaired) electrons. The fraction of sp³-hybridized carbons (Fsp3) is 0.706. The van der Waals surface area contributed by atoms with Crippen LogP contribution in [0.25, 0.3) is 0 Å². The fourth-order valence-corrected chi connectivity index (χ4v) is 3.58. The van der Waals surface area contributed by atoms with Gasteiger partial charge < -0.3 is 14.8 Å². The zero-order valence-corrected chi connectivity index (χ0v) is 13.1. The highest BCUT2D eigenvalue weighted by molar-refractivity contribution is 5.93. The summed E-state index contributed by atoms with van der Waals surface area (Å²) in [6.45, 7) is 1.90. The molecule has 116 valence electrons. The maximum absolute atomic E-state index is 13.0. The van der Waals surface area contributed by atoms with Crippen molar-refractivity contribution in [3.05, 3.63) is 24.0 Å². The number of piperidine rings is 1. The van der Waals surface area contributed by atoms with Crippen LogP contribution in [0, 0.1) is 0 Å². The van der Waals surface area contributed by atoms with Crippen molar-refractivity contribution in [2.24, 2.45) is 0 Å². The first-order valence-electron chi connectivity index (χ1n) is 8.43. The number of nitrogens with zero attached hydrogens (tertiary/aromatic N) is 2. The molecule has 0 spiro atoms. The van der Waals surface area contributed by atoms with Crippen molar-refractivity contribution in [3.8, 4) is 0 Å². The van der Waals surface area contributed by atoms with Crippen LogP contribution in [0.4, 0.5) is 0 Å². The number of likely N-dealkylation sites (tertiary alicyclic amines) is 1. The number of aromatic nitrogens is 1. The minimum Gasteiger partial charge on any atom is -0.340 e. The highest BCUT2D eigenvalue weighted by Gasteiger charge is 2.30. The van der Waals surface area contributed by atoms with Crippen LogP contribution >= 0.6 is 0 Å². The predicted molar refractivity (Wildman–Crippen MR) is 84.5 cm³/mol. The Morgan fingerprint density at radius 1 is 1.29 bits per heavy atom. The molecule has 1 aromatic rings. The van der Waals surface area contributed by atoms with Gasteiger partial charge >= 0.3 is 0 Å². The van der Waals surface area contributed by atoms with Crippen LogP contribution in [0.5, 0.6) is 0 Å². The zero-order valence-electron chi connectivity index (χ0n) is 13.1. The van der Waals surface area contributed by atoms with Gasteiger partial charge in [0.2, 0.25) is 0 Å². The largest absolute Gasteiger partial charge is 0.340 e. The van der Waals surface area contributed by atoms with Crippen molar-refractivity contribution in [1.29, 1.82) is 0 Å². The number of hydrogen-bond acceptors (Lipinski definition) is 2. The summed E-state index contributed by atoms with van der Waals surface area (Å²) in [6.07, 6.45) is 10.4. The van der Waals surface area contributed by atoms with Crippen molar-refractivity contribution in [2.75, 3.05) is 20.1 Å². The van der Waals surface area contributed by atoms with Crippen molar-refractivity contribution in [3.63, 3.8) is 0 Å². The number of nitrogens with one attached hydrogen (secondary N) is 1. The molecule has 3 rings (SSSR count). The van der Waals surface area contributed by atoms with E-state index < -0.39 is 0 Å². The van der Waals surface area contributed by atoms with Crippen molar-refractivity contribution in [1.82, 2.24) is 14.8 Å². The molecule has 1 N–H and O–H groups in total. The Kier molecular flexibility index (Phi) is 4.63. The smallest absolute Gasteiger partial charge is 0.270 e. The molecule has 2 fully saturated rings. The van der Waals surface area contributed by atoms with E-state index in [1.165, 1.54) is 25.7 Å². The van der Waals surface area contributed by atoms with E-state index >= 15 is 0 Å². The first kappa shape index (κ1) is 14.6. The standard InChI is InChI=1S/C17H27N3O/c1-18-11-10-15-6-2-3-12-20(15)17(21)16-9-5-13-19(16)14-7-4-8-14/h5,9,13-15,18H,2-4,6-8,10-12H2,1H3. The van der Waals surface area contributed by atoms with E-state index in [-0.39, 0.29) is 5.91 Å². The van der Waals surface area contributed by atoms with Gasteiger partial charge in [-0.25, -0.2) is 0 Å². The van der Waals surface area contributed by atoms with Crippen LogP contribution in [0.15, 0.2) is 18.3 Å². The number of rotatable bonds is 5. The summed E-state index contributed by atoms with van der Waals surface area (Å²) in [6, 6.07) is 4.99. The minimum absolute atomic E-state index is 0.243. The molecule has 21 heavy (non-hydrogen) atoms. The summed E-state index contributed by atoms with van der Waals surface area (Å²) >= 11 is 0. The van der Waals surface area contributed by atoms with E-state index in [0.29, 0.717) is 12.1 Å². The molecule has 1 unspecified atom stereocenters. The second-order valence-corrected chi connectivity index (χ2v) is 6.43. The van der Waals surface area contributed by atoms with Crippen LogP contribution in [0.2, 0.25) is 0 Å². The lowest BCUT2D eigenvalue weighted by atomic mass is 9.92. The van der Waals surface area contributed by atoms with Crippen LogP contribution in [-0.2, 0) is 0 Å². The highest BCUT2D eigenvalue weighted by atomic mass is 16.2. The molecule has 2 heterocycles. The van der Waals surface area contributed by atoms with E-state index in [0.717, 1.165) is 38.0 Å². The van der Waals surface area contributed by atoms with Crippen LogP contribution in [-0.4, -0.2) is 41.6 Å². The molecular weight excluding hydrogens is 262 g/mol. The lowest BCUT2D eigenvalue weighted by Gasteiger charge is -2.37. The van der Waals surface area contributed by atoms with Crippen molar-refractivity contribution >= 4 is 5.91 Å². The lowest BCUT2D eigenvalue weighted by molar-refractivity contribution is 0.0585. The molecule has 2 aliphatic rings. The molecule has 1 saturated heterocycles. The van der Waals surface area contributed by atoms with Crippen molar-refractivity contribution in [2.45, 2.75) is 57.0 Å². The Balaban J connectivity index is 1.74. The number of carbonyl (C=O) groups is 1. The zero-order chi connectivity index (χ0) is 14.7. The third-order valence-corrected chi connectivity index (χ3v) is 5.08. The molecule has 0 aromatic carbocycles. The van der Waals surface area contributed by atoms with E-state index in [1.54, 1.807) is 0 Å². The molecule has 0 bridgehead atoms. The molecule has 1 aliphatic carbocycles. The number of hydrogen-bond donors (Lipinski definition) is 1. The minimum atomic E-state index is 0.243. The van der Waals surface area contributed by atoms with Gasteiger partial charge in [0.1, 0.15) is 5.69 Å². The first-order chi connectivity index (χ1) is 10.3. The molecule has 1 atom stereocenters. The van der Waals surface area contributed by atoms with Gasteiger partial charge in [-0.05, 0) is 70.7 Å². The summed E-state index contributed by atoms with van der Waals surface area (Å²) < 4.78 is 2.22. The highest BCUT2D eigenvalue weighted by Crippen LogP contribution is 2.33. The molecule has 4 heteroatoms. The number of carbonyl (C=O) groups excluding carboxylic acids is 1. The summed E-state index contributed by atoms with van der Waals surface area (Å²) in [4.78, 5) is 15.1. The van der Waals surface area contributed by atoms with Gasteiger partial charge in [-0.3, -0.25) is 4.79 Å². The van der Waals surface area contributed by atoms with Gasteiger partial charge in [-0.15, -0.1) is 0 Å². The topological polar surface area (TPSA) is 37.3 Å². The average Bonchev–Trinajstić information content (AvgIpc) is 2.92. The van der Waals surface area contributed by atoms with Crippen molar-refractivity contribution < 1.29 is 4.79 Å². The summed E-state index contributed by atoms with van der Waals surface area (Å²) in [7, 11) is 1.98. The van der Waals surface area contributed by atoms with Gasteiger partial charge in [-0.2, -0.15) is 0 Å². The Morgan fingerprint density at radius 3 is 2.86 bits per heavy atom. The van der Waals surface area contributed by atoms with Gasteiger partial charge in [0.05, 0.1) is 0 Å². The molecule has 1 amide bonds. The Labute approximate surface area is 127 Å². The molecule has 4 nitrogen and oxygen atoms in total. The summed E-state index contributed by atoms with van der Waals surface area (Å²) in [5.41, 5.74) is 0.899. The maximum Gasteiger partial charge on any atom is 0.270 e. The third-order valence-electron chi connectivity index (χ3n) is 5.08. The van der Waals surface area contributed by atoms with E-state index in [9.17, 15) is 4.79 Å². The summed E-state index contributed by atoms with van der Waals surface area (Å²) in [5, 5.41) is 3.21. The average molecular weight is 289 g/mol. The van der Waals surface area contributed by atoms with Crippen LogP contribution < -0.4 is 5.32 Å². The quantitative estimate of drug-likeness (QED) is 0.905. The maximum atomic E-state index is 13.0. The van der Waals surface area contributed by atoms with Crippen LogP contribution in [0.1, 0.15) is 61.5 Å². The van der Waals surface area contributed by atoms with Gasteiger partial charge in [0, 0.05) is 24.8 Å². The van der Waals surface area contributed by atoms with Gasteiger partial charge in [0.25, 0.3) is 5.91 Å².